The van der Waals surface area contributed by atoms with Crippen molar-refractivity contribution >= 4 is 11.6 Å². The van der Waals surface area contributed by atoms with Gasteiger partial charge in [0.1, 0.15) is 28.2 Å². The molecule has 0 unspecified atom stereocenters. The molecule has 0 radical (unpaired) electrons. The van der Waals surface area contributed by atoms with Crippen molar-refractivity contribution in [2.24, 2.45) is 0 Å². The molecule has 0 atom stereocenters. The van der Waals surface area contributed by atoms with Crippen LogP contribution < -0.4 is 4.74 Å². The van der Waals surface area contributed by atoms with Crippen molar-refractivity contribution < 1.29 is 4.74 Å². The molecule has 0 spiro atoms. The average Bonchev–Trinajstić information content (AvgIpc) is 2.91. The minimum absolute atomic E-state index is 0.0712. The van der Waals surface area contributed by atoms with Gasteiger partial charge in [-0.25, -0.2) is 4.98 Å². The number of halogens is 1. The summed E-state index contributed by atoms with van der Waals surface area (Å²) >= 11 is 6.31. The van der Waals surface area contributed by atoms with Gasteiger partial charge in [0, 0.05) is 11.0 Å². The van der Waals surface area contributed by atoms with Gasteiger partial charge in [0.2, 0.25) is 0 Å². The molecule has 0 aliphatic rings. The Hall–Kier alpha value is -2.26. The highest BCUT2D eigenvalue weighted by molar-refractivity contribution is 6.31. The van der Waals surface area contributed by atoms with Crippen LogP contribution in [-0.2, 0) is 5.41 Å². The van der Waals surface area contributed by atoms with Crippen LogP contribution in [0.25, 0.3) is 11.3 Å². The van der Waals surface area contributed by atoms with Crippen molar-refractivity contribution in [3.05, 3.63) is 65.6 Å². The lowest BCUT2D eigenvalue weighted by Gasteiger charge is -2.13. The van der Waals surface area contributed by atoms with Gasteiger partial charge in [-0.2, -0.15) is 0 Å². The summed E-state index contributed by atoms with van der Waals surface area (Å²) < 4.78 is 5.80. The SMILES string of the molecule is CC(C)(C)c1nc(-c2ccc(Oc3ccccc3)cc2)c(Cl)[nH]1. The summed E-state index contributed by atoms with van der Waals surface area (Å²) in [5.41, 5.74) is 1.66. The Bertz CT molecular complexity index is 786. The molecule has 3 nitrogen and oxygen atoms in total. The van der Waals surface area contributed by atoms with Crippen molar-refractivity contribution in [3.63, 3.8) is 0 Å². The molecular formula is C19H19ClN2O. The first-order valence-electron chi connectivity index (χ1n) is 7.53. The zero-order chi connectivity index (χ0) is 16.4. The molecule has 3 aromatic rings. The molecule has 0 fully saturated rings. The van der Waals surface area contributed by atoms with E-state index in [2.05, 4.69) is 30.7 Å². The normalized spacial score (nSPS) is 11.5. The maximum absolute atomic E-state index is 6.31. The first kappa shape index (κ1) is 15.6. The molecule has 0 saturated carbocycles. The number of rotatable bonds is 3. The summed E-state index contributed by atoms with van der Waals surface area (Å²) in [7, 11) is 0. The Morgan fingerprint density at radius 3 is 2.09 bits per heavy atom. The van der Waals surface area contributed by atoms with E-state index >= 15 is 0 Å². The highest BCUT2D eigenvalue weighted by atomic mass is 35.5. The zero-order valence-corrected chi connectivity index (χ0v) is 14.2. The number of benzene rings is 2. The van der Waals surface area contributed by atoms with Crippen LogP contribution in [0.1, 0.15) is 26.6 Å². The Balaban J connectivity index is 1.84. The maximum Gasteiger partial charge on any atom is 0.134 e. The number of H-pyrrole nitrogens is 1. The average molecular weight is 327 g/mol. The molecule has 0 saturated heterocycles. The third-order valence-electron chi connectivity index (χ3n) is 3.48. The summed E-state index contributed by atoms with van der Waals surface area (Å²) in [6.07, 6.45) is 0. The topological polar surface area (TPSA) is 37.9 Å². The van der Waals surface area contributed by atoms with Crippen molar-refractivity contribution in [3.8, 4) is 22.8 Å². The van der Waals surface area contributed by atoms with Crippen LogP contribution in [-0.4, -0.2) is 9.97 Å². The number of para-hydroxylation sites is 1. The minimum atomic E-state index is -0.0712. The molecule has 0 bridgehead atoms. The van der Waals surface area contributed by atoms with Crippen molar-refractivity contribution in [2.75, 3.05) is 0 Å². The van der Waals surface area contributed by atoms with E-state index in [1.165, 1.54) is 0 Å². The smallest absolute Gasteiger partial charge is 0.134 e. The molecule has 3 rings (SSSR count). The lowest BCUT2D eigenvalue weighted by Crippen LogP contribution is -2.13. The van der Waals surface area contributed by atoms with Crippen LogP contribution in [0.2, 0.25) is 5.15 Å². The number of ether oxygens (including phenoxy) is 1. The van der Waals surface area contributed by atoms with Crippen LogP contribution in [0.3, 0.4) is 0 Å². The van der Waals surface area contributed by atoms with Gasteiger partial charge in [0.15, 0.2) is 0 Å². The summed E-state index contributed by atoms with van der Waals surface area (Å²) in [6, 6.07) is 17.5. The van der Waals surface area contributed by atoms with Crippen molar-refractivity contribution in [2.45, 2.75) is 26.2 Å². The van der Waals surface area contributed by atoms with E-state index in [1.807, 2.05) is 54.6 Å². The van der Waals surface area contributed by atoms with Crippen LogP contribution >= 0.6 is 11.6 Å². The van der Waals surface area contributed by atoms with E-state index in [-0.39, 0.29) is 5.41 Å². The van der Waals surface area contributed by atoms with Crippen LogP contribution in [0.15, 0.2) is 54.6 Å². The first-order valence-corrected chi connectivity index (χ1v) is 7.90. The van der Waals surface area contributed by atoms with Crippen molar-refractivity contribution in [1.82, 2.24) is 9.97 Å². The van der Waals surface area contributed by atoms with Gasteiger partial charge in [0.05, 0.1) is 0 Å². The van der Waals surface area contributed by atoms with Gasteiger partial charge in [-0.15, -0.1) is 0 Å². The molecule has 0 aliphatic heterocycles. The molecule has 1 N–H and O–H groups in total. The molecule has 1 heterocycles. The predicted molar refractivity (Wildman–Crippen MR) is 94.2 cm³/mol. The summed E-state index contributed by atoms with van der Waals surface area (Å²) in [5, 5.41) is 0.562. The monoisotopic (exact) mass is 326 g/mol. The lowest BCUT2D eigenvalue weighted by atomic mass is 9.96. The van der Waals surface area contributed by atoms with Crippen LogP contribution in [0, 0.1) is 0 Å². The quantitative estimate of drug-likeness (QED) is 0.658. The predicted octanol–water partition coefficient (Wildman–Crippen LogP) is 5.82. The van der Waals surface area contributed by atoms with Gasteiger partial charge in [0.25, 0.3) is 0 Å². The van der Waals surface area contributed by atoms with Crippen LogP contribution in [0.5, 0.6) is 11.5 Å². The lowest BCUT2D eigenvalue weighted by molar-refractivity contribution is 0.483. The van der Waals surface area contributed by atoms with Gasteiger partial charge in [-0.3, -0.25) is 0 Å². The highest BCUT2D eigenvalue weighted by Crippen LogP contribution is 2.31. The number of nitrogens with one attached hydrogen (secondary N) is 1. The van der Waals surface area contributed by atoms with E-state index in [0.717, 1.165) is 28.6 Å². The third-order valence-corrected chi connectivity index (χ3v) is 3.75. The number of aromatic amines is 1. The molecular weight excluding hydrogens is 308 g/mol. The van der Waals surface area contributed by atoms with E-state index in [0.29, 0.717) is 5.15 Å². The second-order valence-corrected chi connectivity index (χ2v) is 6.82. The first-order chi connectivity index (χ1) is 10.9. The molecule has 118 valence electrons. The fourth-order valence-corrected chi connectivity index (χ4v) is 2.44. The highest BCUT2D eigenvalue weighted by Gasteiger charge is 2.20. The summed E-state index contributed by atoms with van der Waals surface area (Å²) in [6.45, 7) is 6.30. The Morgan fingerprint density at radius 2 is 1.52 bits per heavy atom. The zero-order valence-electron chi connectivity index (χ0n) is 13.4. The fraction of sp³-hybridized carbons (Fsp3) is 0.211. The van der Waals surface area contributed by atoms with Gasteiger partial charge < -0.3 is 9.72 Å². The van der Waals surface area contributed by atoms with Gasteiger partial charge >= 0.3 is 0 Å². The molecule has 4 heteroatoms. The second kappa shape index (κ2) is 6.09. The van der Waals surface area contributed by atoms with E-state index in [4.69, 9.17) is 16.3 Å². The summed E-state index contributed by atoms with van der Waals surface area (Å²) in [4.78, 5) is 7.80. The molecule has 0 aliphatic carbocycles. The van der Waals surface area contributed by atoms with E-state index in [1.54, 1.807) is 0 Å². The number of hydrogen-bond donors (Lipinski definition) is 1. The van der Waals surface area contributed by atoms with Crippen LogP contribution in [0.4, 0.5) is 0 Å². The number of imidazole rings is 1. The Morgan fingerprint density at radius 1 is 0.913 bits per heavy atom. The molecule has 23 heavy (non-hydrogen) atoms. The number of aromatic nitrogens is 2. The maximum atomic E-state index is 6.31. The summed E-state index contributed by atoms with van der Waals surface area (Å²) in [5.74, 6) is 2.47. The largest absolute Gasteiger partial charge is 0.457 e. The number of nitrogens with zero attached hydrogens (tertiary/aromatic N) is 1. The Labute approximate surface area is 141 Å². The second-order valence-electron chi connectivity index (χ2n) is 6.44. The minimum Gasteiger partial charge on any atom is -0.457 e. The fourth-order valence-electron chi connectivity index (χ4n) is 2.20. The number of hydrogen-bond acceptors (Lipinski definition) is 2. The standard InChI is InChI=1S/C19H19ClN2O/c1-19(2,3)18-21-16(17(20)22-18)13-9-11-15(12-10-13)23-14-7-5-4-6-8-14/h4-12H,1-3H3,(H,21,22). The van der Waals surface area contributed by atoms with Crippen molar-refractivity contribution in [1.29, 1.82) is 0 Å². The third kappa shape index (κ3) is 3.57. The van der Waals surface area contributed by atoms with E-state index in [9.17, 15) is 0 Å². The Kier molecular flexibility index (Phi) is 4.14. The van der Waals surface area contributed by atoms with Gasteiger partial charge in [-0.05, 0) is 36.4 Å². The van der Waals surface area contributed by atoms with E-state index < -0.39 is 0 Å². The molecule has 1 aromatic heterocycles. The van der Waals surface area contributed by atoms with Gasteiger partial charge in [-0.1, -0.05) is 50.6 Å². The molecule has 0 amide bonds. The molecule has 2 aromatic carbocycles.